The molecular formula is C54H34N4. The van der Waals surface area contributed by atoms with Gasteiger partial charge in [0.25, 0.3) is 0 Å². The molecule has 0 fully saturated rings. The Morgan fingerprint density at radius 2 is 0.741 bits per heavy atom. The van der Waals surface area contributed by atoms with Crippen molar-refractivity contribution in [3.8, 4) is 45.2 Å². The number of pyridine rings is 2. The third-order valence-corrected chi connectivity index (χ3v) is 11.2. The largest absolute Gasteiger partial charge is 0.264 e. The van der Waals surface area contributed by atoms with Crippen LogP contribution in [0.1, 0.15) is 0 Å². The number of aromatic nitrogens is 4. The summed E-state index contributed by atoms with van der Waals surface area (Å²) in [5.74, 6) is 0.659. The molecule has 0 atom stereocenters. The van der Waals surface area contributed by atoms with Gasteiger partial charge in [-0.2, -0.15) is 0 Å². The molecule has 0 N–H and O–H groups in total. The van der Waals surface area contributed by atoms with Gasteiger partial charge in [-0.05, 0) is 113 Å². The van der Waals surface area contributed by atoms with Crippen LogP contribution in [0, 0.1) is 0 Å². The van der Waals surface area contributed by atoms with Gasteiger partial charge in [0.15, 0.2) is 5.82 Å². The highest BCUT2D eigenvalue weighted by atomic mass is 14.9. The molecule has 0 saturated carbocycles. The molecule has 11 aromatic rings. The molecule has 11 rings (SSSR count). The summed E-state index contributed by atoms with van der Waals surface area (Å²) in [5, 5.41) is 14.3. The predicted octanol–water partition coefficient (Wildman–Crippen LogP) is 14.0. The zero-order chi connectivity index (χ0) is 38.4. The first-order chi connectivity index (χ1) is 28.7. The van der Waals surface area contributed by atoms with Crippen LogP contribution in [-0.2, 0) is 0 Å². The second-order valence-electron chi connectivity index (χ2n) is 14.6. The van der Waals surface area contributed by atoms with Gasteiger partial charge in [0.1, 0.15) is 0 Å². The van der Waals surface area contributed by atoms with E-state index in [9.17, 15) is 0 Å². The summed E-state index contributed by atoms with van der Waals surface area (Å²) >= 11 is 0. The Labute approximate surface area is 335 Å². The molecule has 0 saturated heterocycles. The third-order valence-electron chi connectivity index (χ3n) is 11.2. The number of rotatable bonds is 4. The molecule has 8 aromatic carbocycles. The van der Waals surface area contributed by atoms with Crippen molar-refractivity contribution in [2.75, 3.05) is 0 Å². The maximum Gasteiger partial charge on any atom is 0.160 e. The van der Waals surface area contributed by atoms with Crippen LogP contribution in [-0.4, -0.2) is 19.9 Å². The highest BCUT2D eigenvalue weighted by Crippen LogP contribution is 2.39. The molecule has 0 amide bonds. The number of benzene rings is 7. The molecule has 0 aliphatic rings. The summed E-state index contributed by atoms with van der Waals surface area (Å²) in [6.45, 7) is 0. The summed E-state index contributed by atoms with van der Waals surface area (Å²) in [6.07, 6.45) is 5.50. The van der Waals surface area contributed by atoms with Crippen LogP contribution >= 0.6 is 0 Å². The minimum atomic E-state index is 0.659. The molecule has 3 heterocycles. The van der Waals surface area contributed by atoms with Gasteiger partial charge in [-0.1, -0.05) is 140 Å². The van der Waals surface area contributed by atoms with Crippen LogP contribution in [0.4, 0.5) is 0 Å². The Morgan fingerprint density at radius 3 is 1.31 bits per heavy atom. The molecule has 4 nitrogen and oxygen atoms in total. The fourth-order valence-electron chi connectivity index (χ4n) is 8.40. The smallest absolute Gasteiger partial charge is 0.160 e. The lowest BCUT2D eigenvalue weighted by Crippen LogP contribution is -1.96. The zero-order valence-electron chi connectivity index (χ0n) is 31.4. The lowest BCUT2D eigenvalue weighted by molar-refractivity contribution is 1.18. The minimum Gasteiger partial charge on any atom is -0.264 e. The monoisotopic (exact) mass is 738 g/mol. The Morgan fingerprint density at radius 1 is 0.276 bits per heavy atom. The fraction of sp³-hybridized carbons (Fsp3) is 0. The van der Waals surface area contributed by atoms with Gasteiger partial charge < -0.3 is 0 Å². The van der Waals surface area contributed by atoms with Crippen LogP contribution in [0.3, 0.4) is 0 Å². The van der Waals surface area contributed by atoms with Crippen LogP contribution in [0.25, 0.3) is 110 Å². The van der Waals surface area contributed by atoms with Crippen LogP contribution in [0.5, 0.6) is 0 Å². The summed E-state index contributed by atoms with van der Waals surface area (Å²) in [5.41, 5.74) is 6.33. The van der Waals surface area contributed by atoms with E-state index in [-0.39, 0.29) is 0 Å². The zero-order valence-corrected chi connectivity index (χ0v) is 31.4. The molecule has 0 aliphatic heterocycles. The molecule has 0 unspecified atom stereocenters. The van der Waals surface area contributed by atoms with Gasteiger partial charge in [0.2, 0.25) is 0 Å². The topological polar surface area (TPSA) is 51.6 Å². The van der Waals surface area contributed by atoms with Crippen LogP contribution in [0.15, 0.2) is 207 Å². The summed E-state index contributed by atoms with van der Waals surface area (Å²) in [6, 6.07) is 67.1. The normalized spacial score (nSPS) is 11.4. The summed E-state index contributed by atoms with van der Waals surface area (Å²) in [4.78, 5) is 19.5. The quantitative estimate of drug-likeness (QED) is 0.180. The Balaban J connectivity index is 1.25. The summed E-state index contributed by atoms with van der Waals surface area (Å²) in [7, 11) is 0. The van der Waals surface area contributed by atoms with E-state index in [2.05, 4.69) is 157 Å². The van der Waals surface area contributed by atoms with E-state index in [1.54, 1.807) is 6.20 Å². The molecule has 0 radical (unpaired) electrons. The van der Waals surface area contributed by atoms with Gasteiger partial charge in [-0.15, -0.1) is 0 Å². The standard InChI is InChI=1S/C54H34N4/c1-2-13-35(14-3-1)54-57-52(32-53(58-54)40-25-27-51(56-34-40)39-17-12-28-55-33-39)38-24-26-47-45-22-9-8-20-43(45)41-18-6-7-19-42(41)44-21-10-11-23-46(44)48-29-36-15-4-5-16-37(36)30-50(48)49(47)31-38/h1-34H. The van der Waals surface area contributed by atoms with E-state index in [0.29, 0.717) is 5.82 Å². The first kappa shape index (κ1) is 33.5. The SMILES string of the molecule is c1ccc(-c2nc(-c3ccc(-c4cccnc4)nc3)cc(-c3ccc4c5ccccc5c5ccccc5c5ccccc5c5cc6ccccc6cc5c4c3)n2)cc1. The van der Waals surface area contributed by atoms with E-state index >= 15 is 0 Å². The Hall–Kier alpha value is -7.82. The molecular weight excluding hydrogens is 705 g/mol. The van der Waals surface area contributed by atoms with Crippen LogP contribution in [0.2, 0.25) is 0 Å². The van der Waals surface area contributed by atoms with Gasteiger partial charge in [-0.3, -0.25) is 9.97 Å². The average Bonchev–Trinajstić information content (AvgIpc) is 3.31. The van der Waals surface area contributed by atoms with E-state index in [1.165, 1.54) is 53.9 Å². The average molecular weight is 739 g/mol. The maximum absolute atomic E-state index is 5.27. The molecule has 0 spiro atoms. The van der Waals surface area contributed by atoms with Crippen LogP contribution < -0.4 is 0 Å². The van der Waals surface area contributed by atoms with E-state index in [1.807, 2.05) is 48.8 Å². The number of fused-ring (bicyclic) bond motifs is 11. The number of hydrogen-bond donors (Lipinski definition) is 0. The lowest BCUT2D eigenvalue weighted by Gasteiger charge is -2.13. The van der Waals surface area contributed by atoms with Crippen molar-refractivity contribution in [1.29, 1.82) is 0 Å². The van der Waals surface area contributed by atoms with Crippen molar-refractivity contribution in [2.24, 2.45) is 0 Å². The van der Waals surface area contributed by atoms with Crippen molar-refractivity contribution < 1.29 is 0 Å². The minimum absolute atomic E-state index is 0.659. The number of nitrogens with zero attached hydrogens (tertiary/aromatic N) is 4. The lowest BCUT2D eigenvalue weighted by atomic mass is 9.92. The van der Waals surface area contributed by atoms with Gasteiger partial charge >= 0.3 is 0 Å². The second kappa shape index (κ2) is 14.0. The highest BCUT2D eigenvalue weighted by molar-refractivity contribution is 6.27. The third kappa shape index (κ3) is 5.87. The van der Waals surface area contributed by atoms with Crippen molar-refractivity contribution >= 4 is 64.6 Å². The molecule has 0 aliphatic carbocycles. The first-order valence-corrected chi connectivity index (χ1v) is 19.5. The molecule has 270 valence electrons. The molecule has 3 aromatic heterocycles. The van der Waals surface area contributed by atoms with Gasteiger partial charge in [0.05, 0.1) is 17.1 Å². The van der Waals surface area contributed by atoms with E-state index < -0.39 is 0 Å². The Bertz CT molecular complexity index is 3430. The van der Waals surface area contributed by atoms with E-state index in [4.69, 9.17) is 15.0 Å². The van der Waals surface area contributed by atoms with Crippen molar-refractivity contribution in [3.05, 3.63) is 207 Å². The van der Waals surface area contributed by atoms with Crippen molar-refractivity contribution in [2.45, 2.75) is 0 Å². The molecule has 0 bridgehead atoms. The first-order valence-electron chi connectivity index (χ1n) is 19.5. The van der Waals surface area contributed by atoms with Gasteiger partial charge in [0, 0.05) is 40.8 Å². The van der Waals surface area contributed by atoms with Crippen molar-refractivity contribution in [1.82, 2.24) is 19.9 Å². The van der Waals surface area contributed by atoms with Crippen molar-refractivity contribution in [3.63, 3.8) is 0 Å². The highest BCUT2D eigenvalue weighted by Gasteiger charge is 2.15. The molecule has 4 heteroatoms. The Kier molecular flexibility index (Phi) is 8.11. The van der Waals surface area contributed by atoms with Gasteiger partial charge in [-0.25, -0.2) is 9.97 Å². The molecule has 58 heavy (non-hydrogen) atoms. The number of hydrogen-bond acceptors (Lipinski definition) is 4. The fourth-order valence-corrected chi connectivity index (χ4v) is 8.40. The predicted molar refractivity (Wildman–Crippen MR) is 242 cm³/mol. The summed E-state index contributed by atoms with van der Waals surface area (Å²) < 4.78 is 0. The van der Waals surface area contributed by atoms with E-state index in [0.717, 1.165) is 50.1 Å². The second-order valence-corrected chi connectivity index (χ2v) is 14.6. The maximum atomic E-state index is 5.27.